The number of nitrogens with zero attached hydrogens (tertiary/aromatic N) is 2. The number of nitrogens with one attached hydrogen (secondary N) is 1. The Morgan fingerprint density at radius 2 is 1.75 bits per heavy atom. The van der Waals surface area contributed by atoms with Crippen LogP contribution in [-0.2, 0) is 11.3 Å². The lowest BCUT2D eigenvalue weighted by Crippen LogP contribution is -2.41. The van der Waals surface area contributed by atoms with Crippen LogP contribution in [0.3, 0.4) is 0 Å². The van der Waals surface area contributed by atoms with Gasteiger partial charge in [0.25, 0.3) is 0 Å². The first kappa shape index (κ1) is 22.6. The molecule has 6 heteroatoms. The van der Waals surface area contributed by atoms with E-state index in [2.05, 4.69) is 40.4 Å². The minimum absolute atomic E-state index is 0.0434. The summed E-state index contributed by atoms with van der Waals surface area (Å²) in [7, 11) is 5.53. The summed E-state index contributed by atoms with van der Waals surface area (Å²) in [6, 6.07) is 16.4. The van der Waals surface area contributed by atoms with Crippen molar-refractivity contribution in [1.29, 1.82) is 0 Å². The third-order valence-electron chi connectivity index (χ3n) is 7.05. The number of methoxy groups -OCH3 is 2. The molecule has 2 aromatic carbocycles. The number of carbonyl (C=O) groups is 1. The third-order valence-corrected chi connectivity index (χ3v) is 7.05. The first-order valence-electron chi connectivity index (χ1n) is 11.6. The fourth-order valence-corrected chi connectivity index (χ4v) is 5.21. The average Bonchev–Trinajstić information content (AvgIpc) is 3.22. The lowest BCUT2D eigenvalue weighted by Gasteiger charge is -2.37. The van der Waals surface area contributed by atoms with Gasteiger partial charge < -0.3 is 19.7 Å². The van der Waals surface area contributed by atoms with Gasteiger partial charge in [0.1, 0.15) is 11.5 Å². The molecule has 0 radical (unpaired) electrons. The molecule has 32 heavy (non-hydrogen) atoms. The summed E-state index contributed by atoms with van der Waals surface area (Å²) in [4.78, 5) is 17.8. The van der Waals surface area contributed by atoms with Crippen LogP contribution in [0.25, 0.3) is 0 Å². The van der Waals surface area contributed by atoms with Crippen molar-refractivity contribution in [1.82, 2.24) is 9.80 Å². The van der Waals surface area contributed by atoms with Crippen molar-refractivity contribution in [2.45, 2.75) is 31.8 Å². The monoisotopic (exact) mass is 437 g/mol. The molecular formula is C26H35N3O3. The third kappa shape index (κ3) is 5.43. The molecule has 0 saturated carbocycles. The SMILES string of the molecule is COc1ccc(NC(=O)C2CC(C3CCN(Cc4cccc(OC)c4)CC3)N(C)C2)cc1. The van der Waals surface area contributed by atoms with Gasteiger partial charge in [-0.25, -0.2) is 0 Å². The smallest absolute Gasteiger partial charge is 0.228 e. The molecule has 2 fully saturated rings. The second-order valence-electron chi connectivity index (χ2n) is 9.12. The number of likely N-dealkylation sites (tertiary alicyclic amines) is 2. The summed E-state index contributed by atoms with van der Waals surface area (Å²) in [5.74, 6) is 2.53. The summed E-state index contributed by atoms with van der Waals surface area (Å²) in [5, 5.41) is 3.08. The van der Waals surface area contributed by atoms with E-state index in [0.29, 0.717) is 12.0 Å². The normalized spacial score (nSPS) is 22.6. The van der Waals surface area contributed by atoms with Gasteiger partial charge in [0.2, 0.25) is 5.91 Å². The minimum Gasteiger partial charge on any atom is -0.497 e. The molecule has 4 rings (SSSR count). The summed E-state index contributed by atoms with van der Waals surface area (Å²) in [6.45, 7) is 4.01. The molecule has 0 aromatic heterocycles. The van der Waals surface area contributed by atoms with Gasteiger partial charge in [0.05, 0.1) is 20.1 Å². The van der Waals surface area contributed by atoms with E-state index in [4.69, 9.17) is 9.47 Å². The standard InChI is InChI=1S/C26H35N3O3/c1-28-18-21(26(30)27-22-7-9-23(31-2)10-8-22)16-25(28)20-11-13-29(14-12-20)17-19-5-4-6-24(15-19)32-3/h4-10,15,20-21,25H,11-14,16-18H2,1-3H3,(H,27,30). The van der Waals surface area contributed by atoms with E-state index < -0.39 is 0 Å². The zero-order valence-electron chi connectivity index (χ0n) is 19.4. The quantitative estimate of drug-likeness (QED) is 0.713. The lowest BCUT2D eigenvalue weighted by atomic mass is 9.86. The van der Waals surface area contributed by atoms with Crippen LogP contribution < -0.4 is 14.8 Å². The van der Waals surface area contributed by atoms with Crippen LogP contribution in [0, 0.1) is 11.8 Å². The molecule has 0 spiro atoms. The zero-order valence-corrected chi connectivity index (χ0v) is 19.4. The Bertz CT molecular complexity index is 893. The summed E-state index contributed by atoms with van der Waals surface area (Å²) < 4.78 is 10.5. The molecule has 0 aliphatic carbocycles. The fourth-order valence-electron chi connectivity index (χ4n) is 5.21. The number of amides is 1. The number of piperidine rings is 1. The second-order valence-corrected chi connectivity index (χ2v) is 9.12. The first-order chi connectivity index (χ1) is 15.6. The Labute approximate surface area is 191 Å². The van der Waals surface area contributed by atoms with Gasteiger partial charge in [0.15, 0.2) is 0 Å². The molecule has 2 unspecified atom stereocenters. The van der Waals surface area contributed by atoms with E-state index in [-0.39, 0.29) is 11.8 Å². The van der Waals surface area contributed by atoms with Crippen LogP contribution >= 0.6 is 0 Å². The second kappa shape index (κ2) is 10.4. The van der Waals surface area contributed by atoms with Crippen molar-refractivity contribution < 1.29 is 14.3 Å². The van der Waals surface area contributed by atoms with Crippen molar-refractivity contribution in [2.75, 3.05) is 46.2 Å². The molecule has 0 bridgehead atoms. The largest absolute Gasteiger partial charge is 0.497 e. The summed E-state index contributed by atoms with van der Waals surface area (Å²) in [5.41, 5.74) is 2.13. The predicted molar refractivity (Wildman–Crippen MR) is 127 cm³/mol. The number of rotatable bonds is 7. The van der Waals surface area contributed by atoms with Gasteiger partial charge in [-0.2, -0.15) is 0 Å². The number of carbonyl (C=O) groups excluding carboxylic acids is 1. The number of benzene rings is 2. The Balaban J connectivity index is 1.27. The maximum atomic E-state index is 12.9. The van der Waals surface area contributed by atoms with Crippen molar-refractivity contribution >= 4 is 11.6 Å². The fraction of sp³-hybridized carbons (Fsp3) is 0.500. The number of ether oxygens (including phenoxy) is 2. The van der Waals surface area contributed by atoms with Crippen LogP contribution in [0.5, 0.6) is 11.5 Å². The minimum atomic E-state index is 0.0434. The van der Waals surface area contributed by atoms with E-state index in [1.54, 1.807) is 14.2 Å². The first-order valence-corrected chi connectivity index (χ1v) is 11.6. The molecule has 172 valence electrons. The van der Waals surface area contributed by atoms with E-state index >= 15 is 0 Å². The number of anilines is 1. The molecule has 1 amide bonds. The molecule has 2 atom stereocenters. The van der Waals surface area contributed by atoms with Gasteiger partial charge in [0, 0.05) is 24.8 Å². The van der Waals surface area contributed by atoms with Crippen molar-refractivity contribution in [2.24, 2.45) is 11.8 Å². The molecular weight excluding hydrogens is 402 g/mol. The highest BCUT2D eigenvalue weighted by Gasteiger charge is 2.39. The molecule has 1 N–H and O–H groups in total. The topological polar surface area (TPSA) is 54.0 Å². The highest BCUT2D eigenvalue weighted by molar-refractivity contribution is 5.93. The van der Waals surface area contributed by atoms with Crippen LogP contribution in [0.15, 0.2) is 48.5 Å². The molecule has 2 aromatic rings. The zero-order chi connectivity index (χ0) is 22.5. The van der Waals surface area contributed by atoms with Crippen molar-refractivity contribution in [3.05, 3.63) is 54.1 Å². The van der Waals surface area contributed by atoms with Crippen molar-refractivity contribution in [3.63, 3.8) is 0 Å². The average molecular weight is 438 g/mol. The van der Waals surface area contributed by atoms with Gasteiger partial charge in [-0.15, -0.1) is 0 Å². The van der Waals surface area contributed by atoms with Crippen LogP contribution in [0.4, 0.5) is 5.69 Å². The lowest BCUT2D eigenvalue weighted by molar-refractivity contribution is -0.119. The van der Waals surface area contributed by atoms with E-state index in [1.165, 1.54) is 18.4 Å². The van der Waals surface area contributed by atoms with Crippen molar-refractivity contribution in [3.8, 4) is 11.5 Å². The molecule has 2 aliphatic heterocycles. The number of hydrogen-bond acceptors (Lipinski definition) is 5. The highest BCUT2D eigenvalue weighted by atomic mass is 16.5. The molecule has 2 aliphatic rings. The highest BCUT2D eigenvalue weighted by Crippen LogP contribution is 2.34. The Morgan fingerprint density at radius 3 is 2.44 bits per heavy atom. The van der Waals surface area contributed by atoms with Gasteiger partial charge >= 0.3 is 0 Å². The summed E-state index contributed by atoms with van der Waals surface area (Å²) >= 11 is 0. The van der Waals surface area contributed by atoms with Gasteiger partial charge in [-0.1, -0.05) is 12.1 Å². The Kier molecular flexibility index (Phi) is 7.33. The predicted octanol–water partition coefficient (Wildman–Crippen LogP) is 3.87. The Morgan fingerprint density at radius 1 is 1.03 bits per heavy atom. The maximum Gasteiger partial charge on any atom is 0.228 e. The van der Waals surface area contributed by atoms with Crippen LogP contribution in [-0.4, -0.2) is 62.7 Å². The van der Waals surface area contributed by atoms with E-state index in [1.807, 2.05) is 30.3 Å². The van der Waals surface area contributed by atoms with Crippen LogP contribution in [0.1, 0.15) is 24.8 Å². The maximum absolute atomic E-state index is 12.9. The van der Waals surface area contributed by atoms with Gasteiger partial charge in [-0.3, -0.25) is 9.69 Å². The van der Waals surface area contributed by atoms with E-state index in [0.717, 1.165) is 49.8 Å². The Hall–Kier alpha value is -2.57. The molecule has 6 nitrogen and oxygen atoms in total. The van der Waals surface area contributed by atoms with Crippen LogP contribution in [0.2, 0.25) is 0 Å². The van der Waals surface area contributed by atoms with Gasteiger partial charge in [-0.05, 0) is 87.3 Å². The van der Waals surface area contributed by atoms with E-state index in [9.17, 15) is 4.79 Å². The molecule has 2 saturated heterocycles. The summed E-state index contributed by atoms with van der Waals surface area (Å²) in [6.07, 6.45) is 3.32. The number of hydrogen-bond donors (Lipinski definition) is 1. The molecule has 2 heterocycles.